The van der Waals surface area contributed by atoms with Gasteiger partial charge in [-0.05, 0) is 130 Å². The van der Waals surface area contributed by atoms with Gasteiger partial charge in [0.05, 0.1) is 48.6 Å². The van der Waals surface area contributed by atoms with Crippen LogP contribution in [-0.4, -0.2) is 104 Å². The van der Waals surface area contributed by atoms with Crippen molar-refractivity contribution in [3.05, 3.63) is 35.9 Å². The summed E-state index contributed by atoms with van der Waals surface area (Å²) in [6.07, 6.45) is 2.60. The quantitative estimate of drug-likeness (QED) is 0.0281. The molecule has 0 aliphatic carbocycles. The fourth-order valence-corrected chi connectivity index (χ4v) is 16.4. The van der Waals surface area contributed by atoms with Gasteiger partial charge in [0.25, 0.3) is 0 Å². The lowest BCUT2D eigenvalue weighted by Crippen LogP contribution is -2.47. The molecule has 0 saturated carbocycles. The first-order valence-corrected chi connectivity index (χ1v) is 28.1. The minimum absolute atomic E-state index is 0.0341. The Bertz CT molecular complexity index is 1580. The number of ether oxygens (including phenoxy) is 6. The maximum atomic E-state index is 14.1. The van der Waals surface area contributed by atoms with E-state index in [2.05, 4.69) is 32.7 Å². The van der Waals surface area contributed by atoms with Crippen molar-refractivity contribution in [2.24, 2.45) is 21.7 Å². The van der Waals surface area contributed by atoms with Gasteiger partial charge in [-0.15, -0.1) is 0 Å². The molecular weight excluding hydrogens is 821 g/mol. The van der Waals surface area contributed by atoms with E-state index in [4.69, 9.17) is 32.5 Å². The molecule has 0 aliphatic rings. The Labute approximate surface area is 366 Å². The molecule has 0 saturated heterocycles. The summed E-state index contributed by atoms with van der Waals surface area (Å²) in [6.45, 7) is 21.3. The van der Waals surface area contributed by atoms with Crippen LogP contribution in [0.15, 0.2) is 30.3 Å². The van der Waals surface area contributed by atoms with Gasteiger partial charge < -0.3 is 37.6 Å². The van der Waals surface area contributed by atoms with Crippen LogP contribution in [0.1, 0.15) is 111 Å². The molecular formula is C45H76O14Si2. The van der Waals surface area contributed by atoms with Crippen molar-refractivity contribution < 1.29 is 66.4 Å². The molecule has 61 heavy (non-hydrogen) atoms. The van der Waals surface area contributed by atoms with Crippen LogP contribution >= 0.6 is 0 Å². The highest BCUT2D eigenvalue weighted by Crippen LogP contribution is 2.51. The minimum Gasteiger partial charge on any atom is -0.469 e. The third-order valence-electron chi connectivity index (χ3n) is 10.6. The predicted molar refractivity (Wildman–Crippen MR) is 236 cm³/mol. The second kappa shape index (κ2) is 24.9. The van der Waals surface area contributed by atoms with Gasteiger partial charge in [-0.3, -0.25) is 19.2 Å². The molecule has 0 aliphatic heterocycles. The molecule has 1 rings (SSSR count). The third-order valence-corrected chi connectivity index (χ3v) is 16.8. The standard InChI is InChI=1S/C45H76O14Si2/c1-14-16-24-56-40(51)43(5,30-34(15-2)35-21-18-17-19-22-35)32-45(7,39(50)53-8)33-44(6,41(52)57-26-23-46)31-42(3,4)38(49)58-28-27-55-37(48)36(47)54-25-20-29-61(12,13)59-60(9,10)11/h17-19,21-22,34,46H,14-16,20,23-33H2,1-13H3. The highest BCUT2D eigenvalue weighted by molar-refractivity contribution is 6.84. The van der Waals surface area contributed by atoms with Crippen molar-refractivity contribution in [3.63, 3.8) is 0 Å². The molecule has 0 heterocycles. The van der Waals surface area contributed by atoms with Crippen LogP contribution in [0, 0.1) is 21.7 Å². The lowest BCUT2D eigenvalue weighted by Gasteiger charge is -2.43. The lowest BCUT2D eigenvalue weighted by molar-refractivity contribution is -0.173. The van der Waals surface area contributed by atoms with E-state index >= 15 is 0 Å². The summed E-state index contributed by atoms with van der Waals surface area (Å²) < 4.78 is 38.4. The molecule has 0 bridgehead atoms. The second-order valence-corrected chi connectivity index (χ2v) is 28.2. The maximum Gasteiger partial charge on any atom is 0.417 e. The van der Waals surface area contributed by atoms with E-state index in [-0.39, 0.29) is 51.6 Å². The smallest absolute Gasteiger partial charge is 0.417 e. The summed E-state index contributed by atoms with van der Waals surface area (Å²) in [7, 11) is -2.42. The molecule has 14 nitrogen and oxygen atoms in total. The van der Waals surface area contributed by atoms with Crippen LogP contribution in [0.3, 0.4) is 0 Å². The summed E-state index contributed by atoms with van der Waals surface area (Å²) in [5.41, 5.74) is -4.62. The number of methoxy groups -OCH3 is 1. The van der Waals surface area contributed by atoms with E-state index in [1.165, 1.54) is 7.11 Å². The van der Waals surface area contributed by atoms with Gasteiger partial charge in [0.1, 0.15) is 19.8 Å². The molecule has 1 aromatic rings. The summed E-state index contributed by atoms with van der Waals surface area (Å²) in [6, 6.07) is 10.5. The summed E-state index contributed by atoms with van der Waals surface area (Å²) >= 11 is 0. The first-order chi connectivity index (χ1) is 28.2. The van der Waals surface area contributed by atoms with Gasteiger partial charge in [-0.25, -0.2) is 9.59 Å². The Hall–Kier alpha value is -3.61. The van der Waals surface area contributed by atoms with Crippen LogP contribution in [0.25, 0.3) is 0 Å². The maximum absolute atomic E-state index is 14.1. The molecule has 0 aromatic heterocycles. The SMILES string of the molecule is CCCCOC(=O)C(C)(CC(CC)c1ccccc1)CC(C)(CC(C)(CC(C)(C)C(=O)OCCOC(=O)C(=O)OCCC[Si](C)(C)O[Si](C)(C)C)C(=O)OCCO)C(=O)OC. The summed E-state index contributed by atoms with van der Waals surface area (Å²) in [5.74, 6) is -5.11. The fourth-order valence-electron chi connectivity index (χ4n) is 8.35. The third kappa shape index (κ3) is 19.1. The van der Waals surface area contributed by atoms with E-state index in [9.17, 15) is 33.9 Å². The molecule has 16 heteroatoms. The number of benzene rings is 1. The van der Waals surface area contributed by atoms with Gasteiger partial charge in [-0.2, -0.15) is 0 Å². The average molecular weight is 897 g/mol. The predicted octanol–water partition coefficient (Wildman–Crippen LogP) is 7.91. The van der Waals surface area contributed by atoms with Crippen LogP contribution in [0.2, 0.25) is 38.8 Å². The topological polar surface area (TPSA) is 187 Å². The van der Waals surface area contributed by atoms with E-state index in [0.29, 0.717) is 25.7 Å². The Morgan fingerprint density at radius 3 is 1.66 bits per heavy atom. The number of hydrogen-bond acceptors (Lipinski definition) is 14. The van der Waals surface area contributed by atoms with Gasteiger partial charge in [0.2, 0.25) is 0 Å². The Morgan fingerprint density at radius 2 is 1.11 bits per heavy atom. The molecule has 1 aromatic carbocycles. The number of carbonyl (C=O) groups excluding carboxylic acids is 6. The van der Waals surface area contributed by atoms with Crippen LogP contribution in [0.5, 0.6) is 0 Å². The highest BCUT2D eigenvalue weighted by atomic mass is 28.4. The van der Waals surface area contributed by atoms with Crippen molar-refractivity contribution in [2.45, 2.75) is 145 Å². The molecule has 0 fully saturated rings. The zero-order chi connectivity index (χ0) is 46.7. The van der Waals surface area contributed by atoms with Gasteiger partial charge in [0.15, 0.2) is 16.6 Å². The Morgan fingerprint density at radius 1 is 0.623 bits per heavy atom. The Kier molecular flexibility index (Phi) is 22.6. The minimum atomic E-state index is -1.94. The van der Waals surface area contributed by atoms with Crippen molar-refractivity contribution in [1.82, 2.24) is 0 Å². The zero-order valence-corrected chi connectivity index (χ0v) is 41.3. The van der Waals surface area contributed by atoms with Crippen molar-refractivity contribution >= 4 is 52.5 Å². The number of carbonyl (C=O) groups is 6. The number of aliphatic hydroxyl groups excluding tert-OH is 1. The molecule has 0 spiro atoms. The summed E-state index contributed by atoms with van der Waals surface area (Å²) in [4.78, 5) is 80.1. The molecule has 0 amide bonds. The average Bonchev–Trinajstić information content (AvgIpc) is 3.17. The van der Waals surface area contributed by atoms with Gasteiger partial charge in [-0.1, -0.05) is 50.6 Å². The molecule has 348 valence electrons. The van der Waals surface area contributed by atoms with E-state index < -0.39 is 87.3 Å². The largest absolute Gasteiger partial charge is 0.469 e. The summed E-state index contributed by atoms with van der Waals surface area (Å²) in [5, 5.41) is 9.53. The van der Waals surface area contributed by atoms with Gasteiger partial charge >= 0.3 is 35.8 Å². The number of hydrogen-bond donors (Lipinski definition) is 1. The monoisotopic (exact) mass is 896 g/mol. The van der Waals surface area contributed by atoms with Crippen LogP contribution in [-0.2, 0) is 61.3 Å². The van der Waals surface area contributed by atoms with Crippen molar-refractivity contribution in [1.29, 1.82) is 0 Å². The molecule has 0 radical (unpaired) electrons. The van der Waals surface area contributed by atoms with Gasteiger partial charge in [0, 0.05) is 0 Å². The van der Waals surface area contributed by atoms with E-state index in [1.54, 1.807) is 34.6 Å². The van der Waals surface area contributed by atoms with Crippen molar-refractivity contribution in [3.8, 4) is 0 Å². The first kappa shape index (κ1) is 55.4. The fraction of sp³-hybridized carbons (Fsp3) is 0.733. The molecule has 4 unspecified atom stereocenters. The van der Waals surface area contributed by atoms with Crippen LogP contribution in [0.4, 0.5) is 0 Å². The highest BCUT2D eigenvalue weighted by Gasteiger charge is 2.54. The number of aliphatic hydroxyl groups is 1. The lowest BCUT2D eigenvalue weighted by atomic mass is 9.60. The molecule has 4 atom stereocenters. The number of rotatable bonds is 28. The normalized spacial score (nSPS) is 15.5. The Balaban J connectivity index is 3.25. The second-order valence-electron chi connectivity index (χ2n) is 19.1. The number of esters is 6. The van der Waals surface area contributed by atoms with Crippen LogP contribution < -0.4 is 0 Å². The molecule has 1 N–H and O–H groups in total. The zero-order valence-electron chi connectivity index (χ0n) is 39.3. The van der Waals surface area contributed by atoms with E-state index in [0.717, 1.165) is 18.0 Å². The van der Waals surface area contributed by atoms with E-state index in [1.807, 2.05) is 44.2 Å². The van der Waals surface area contributed by atoms with Crippen molar-refractivity contribution in [2.75, 3.05) is 46.8 Å². The first-order valence-electron chi connectivity index (χ1n) is 21.5. The number of unbranched alkanes of at least 4 members (excludes halogenated alkanes) is 1.